The Morgan fingerprint density at radius 1 is 1.09 bits per heavy atom. The highest BCUT2D eigenvalue weighted by atomic mass is 19.1. The van der Waals surface area contributed by atoms with Crippen molar-refractivity contribution in [3.8, 4) is 5.75 Å². The van der Waals surface area contributed by atoms with Crippen LogP contribution in [0.15, 0.2) is 65.7 Å². The molecule has 0 saturated heterocycles. The summed E-state index contributed by atoms with van der Waals surface area (Å²) in [4.78, 5) is 30.3. The minimum absolute atomic E-state index is 0.177. The van der Waals surface area contributed by atoms with E-state index in [0.717, 1.165) is 30.4 Å². The number of phenolic OH excluding ortho intramolecular Hbond substituents is 1. The van der Waals surface area contributed by atoms with Gasteiger partial charge in [0.05, 0.1) is 29.1 Å². The van der Waals surface area contributed by atoms with Gasteiger partial charge in [0, 0.05) is 37.6 Å². The van der Waals surface area contributed by atoms with Gasteiger partial charge in [-0.15, -0.1) is 0 Å². The Morgan fingerprint density at radius 3 is 2.75 bits per heavy atom. The smallest absolute Gasteiger partial charge is 0.272 e. The van der Waals surface area contributed by atoms with Crippen LogP contribution in [0.4, 0.5) is 10.1 Å². The SMILES string of the molecule is Cn1ncnc1[C@H]1c2n[nH]c(=O)c3cc(F)cc(c23)N[C@@H]1c1ccc(CC(=O)CCCOC2CC[C@H]3[C@@H]4CCc5cc(O)ccc5[C@H]4CC[C@]23C)cc1. The predicted molar refractivity (Wildman–Crippen MR) is 198 cm³/mol. The third-order valence-electron chi connectivity index (χ3n) is 13.1. The van der Waals surface area contributed by atoms with Crippen LogP contribution in [0, 0.1) is 23.1 Å². The summed E-state index contributed by atoms with van der Waals surface area (Å²) in [5.74, 6) is 2.18. The number of carbonyl (C=O) groups excluding carboxylic acids is 1. The number of carbonyl (C=O) groups is 1. The molecule has 274 valence electrons. The van der Waals surface area contributed by atoms with Gasteiger partial charge in [0.15, 0.2) is 0 Å². The van der Waals surface area contributed by atoms with Crippen molar-refractivity contribution in [2.24, 2.45) is 24.3 Å². The fourth-order valence-corrected chi connectivity index (χ4v) is 10.6. The number of fused-ring (bicyclic) bond motifs is 5. The summed E-state index contributed by atoms with van der Waals surface area (Å²) >= 11 is 0. The van der Waals surface area contributed by atoms with E-state index in [1.165, 1.54) is 48.8 Å². The standard InChI is InChI=1S/C42H45FN6O4/c1-42-16-15-30-29-12-10-28(51)19-25(29)9-11-31(30)33(42)13-14-35(42)53-17-3-4-27(50)18-23-5-7-24(8-6-23)38-37(40-44-22-45-49(40)2)39-36-32(41(52)48-47-39)20-26(43)21-34(36)46-38/h5-8,10,12,19-22,30-31,33,35,37-38,46,51H,3-4,9,11,13-18H2,1-2H3,(H,48,52)/t30-,31-,33+,35?,37-,38-,42+/m1/s1. The van der Waals surface area contributed by atoms with Gasteiger partial charge in [-0.2, -0.15) is 10.2 Å². The Labute approximate surface area is 307 Å². The lowest BCUT2D eigenvalue weighted by atomic mass is 9.55. The first-order valence-corrected chi connectivity index (χ1v) is 19.0. The van der Waals surface area contributed by atoms with Gasteiger partial charge in [-0.05, 0) is 115 Å². The molecule has 3 heterocycles. The molecule has 1 unspecified atom stereocenters. The van der Waals surface area contributed by atoms with Gasteiger partial charge >= 0.3 is 0 Å². The average molecular weight is 717 g/mol. The van der Waals surface area contributed by atoms with Crippen LogP contribution < -0.4 is 10.9 Å². The molecular formula is C42H45FN6O4. The molecule has 0 spiro atoms. The number of aromatic nitrogens is 5. The number of aromatic hydroxyl groups is 1. The number of anilines is 1. The maximum atomic E-state index is 14.7. The number of nitrogens with zero attached hydrogens (tertiary/aromatic N) is 4. The number of hydrogen-bond acceptors (Lipinski definition) is 8. The highest BCUT2D eigenvalue weighted by Gasteiger charge is 2.55. The lowest BCUT2D eigenvalue weighted by Gasteiger charge is -2.50. The molecule has 0 amide bonds. The van der Waals surface area contributed by atoms with Crippen LogP contribution in [0.1, 0.15) is 104 Å². The maximum absolute atomic E-state index is 14.7. The zero-order chi connectivity index (χ0) is 36.4. The third kappa shape index (κ3) is 5.84. The number of hydrogen-bond donors (Lipinski definition) is 3. The third-order valence-corrected chi connectivity index (χ3v) is 13.1. The van der Waals surface area contributed by atoms with Gasteiger partial charge in [0.25, 0.3) is 5.56 Å². The number of nitrogens with one attached hydrogen (secondary N) is 2. The van der Waals surface area contributed by atoms with Crippen molar-refractivity contribution in [3.63, 3.8) is 0 Å². The number of ketones is 1. The minimum Gasteiger partial charge on any atom is -0.508 e. The van der Waals surface area contributed by atoms with Crippen molar-refractivity contribution < 1.29 is 19.0 Å². The molecule has 3 aromatic carbocycles. The number of benzene rings is 3. The predicted octanol–water partition coefficient (Wildman–Crippen LogP) is 7.03. The number of aromatic amines is 1. The van der Waals surface area contributed by atoms with E-state index >= 15 is 0 Å². The molecule has 53 heavy (non-hydrogen) atoms. The van der Waals surface area contributed by atoms with Gasteiger partial charge in [0.1, 0.15) is 29.5 Å². The van der Waals surface area contributed by atoms with Gasteiger partial charge in [-0.3, -0.25) is 14.3 Å². The first-order valence-electron chi connectivity index (χ1n) is 19.0. The Bertz CT molecular complexity index is 2270. The fourth-order valence-electron chi connectivity index (χ4n) is 10.6. The molecule has 0 bridgehead atoms. The second kappa shape index (κ2) is 13.2. The van der Waals surface area contributed by atoms with E-state index in [-0.39, 0.29) is 28.7 Å². The molecule has 9 rings (SSSR count). The Balaban J connectivity index is 0.825. The molecule has 1 aliphatic heterocycles. The summed E-state index contributed by atoms with van der Waals surface area (Å²) in [5.41, 5.74) is 5.42. The number of H-pyrrole nitrogens is 1. The van der Waals surface area contributed by atoms with Crippen molar-refractivity contribution in [3.05, 3.63) is 111 Å². The van der Waals surface area contributed by atoms with Crippen LogP contribution in [0.25, 0.3) is 10.8 Å². The van der Waals surface area contributed by atoms with E-state index in [4.69, 9.17) is 4.74 Å². The van der Waals surface area contributed by atoms with E-state index in [9.17, 15) is 19.1 Å². The lowest BCUT2D eigenvalue weighted by molar-refractivity contribution is -0.119. The van der Waals surface area contributed by atoms with E-state index in [0.29, 0.717) is 72.0 Å². The monoisotopic (exact) mass is 716 g/mol. The number of aryl methyl sites for hydroxylation is 2. The number of Topliss-reactive ketones (excluding diaryl/α,β-unsaturated/α-hetero) is 1. The number of phenols is 1. The molecule has 3 aliphatic carbocycles. The average Bonchev–Trinajstić information content (AvgIpc) is 3.73. The second-order valence-electron chi connectivity index (χ2n) is 16.0. The number of ether oxygens (including phenoxy) is 1. The van der Waals surface area contributed by atoms with Gasteiger partial charge in [-0.25, -0.2) is 14.5 Å². The quantitative estimate of drug-likeness (QED) is 0.139. The molecule has 7 atom stereocenters. The van der Waals surface area contributed by atoms with E-state index < -0.39 is 17.3 Å². The molecule has 0 radical (unpaired) electrons. The summed E-state index contributed by atoms with van der Waals surface area (Å²) in [6, 6.07) is 16.1. The molecule has 2 saturated carbocycles. The highest BCUT2D eigenvalue weighted by molar-refractivity contribution is 5.97. The zero-order valence-corrected chi connectivity index (χ0v) is 30.1. The fraction of sp³-hybridized carbons (Fsp3) is 0.452. The van der Waals surface area contributed by atoms with Crippen LogP contribution in [-0.4, -0.2) is 48.6 Å². The molecule has 11 heteroatoms. The van der Waals surface area contributed by atoms with Crippen LogP contribution in [0.3, 0.4) is 0 Å². The summed E-state index contributed by atoms with van der Waals surface area (Å²) in [5, 5.41) is 25.6. The van der Waals surface area contributed by atoms with E-state index in [2.05, 4.69) is 38.6 Å². The molecule has 5 aromatic rings. The summed E-state index contributed by atoms with van der Waals surface area (Å²) < 4.78 is 22.9. The summed E-state index contributed by atoms with van der Waals surface area (Å²) in [6.07, 6.45) is 10.1. The normalized spacial score (nSPS) is 27.2. The molecule has 2 fully saturated rings. The molecule has 2 aromatic heterocycles. The summed E-state index contributed by atoms with van der Waals surface area (Å²) in [7, 11) is 1.81. The van der Waals surface area contributed by atoms with Crippen molar-refractivity contribution >= 4 is 22.2 Å². The first kappa shape index (κ1) is 33.9. The second-order valence-corrected chi connectivity index (χ2v) is 16.0. The van der Waals surface area contributed by atoms with E-state index in [1.807, 2.05) is 43.4 Å². The van der Waals surface area contributed by atoms with Crippen LogP contribution >= 0.6 is 0 Å². The molecule has 10 nitrogen and oxygen atoms in total. The van der Waals surface area contributed by atoms with E-state index in [1.54, 1.807) is 4.68 Å². The zero-order valence-electron chi connectivity index (χ0n) is 30.1. The highest BCUT2D eigenvalue weighted by Crippen LogP contribution is 2.61. The Hall–Kier alpha value is -4.90. The maximum Gasteiger partial charge on any atom is 0.272 e. The first-order chi connectivity index (χ1) is 25.7. The largest absolute Gasteiger partial charge is 0.508 e. The molecule has 3 N–H and O–H groups in total. The van der Waals surface area contributed by atoms with Crippen LogP contribution in [0.2, 0.25) is 0 Å². The lowest BCUT2D eigenvalue weighted by Crippen LogP contribution is -2.44. The number of halogens is 1. The van der Waals surface area contributed by atoms with Gasteiger partial charge < -0.3 is 15.2 Å². The van der Waals surface area contributed by atoms with Crippen molar-refractivity contribution in [2.45, 2.75) is 88.7 Å². The van der Waals surface area contributed by atoms with Gasteiger partial charge in [-0.1, -0.05) is 37.3 Å². The van der Waals surface area contributed by atoms with Gasteiger partial charge in [0.2, 0.25) is 0 Å². The molecule has 4 aliphatic rings. The Kier molecular flexibility index (Phi) is 8.44. The van der Waals surface area contributed by atoms with Crippen LogP contribution in [-0.2, 0) is 29.4 Å². The topological polar surface area (TPSA) is 135 Å². The summed E-state index contributed by atoms with van der Waals surface area (Å²) in [6.45, 7) is 3.04. The van der Waals surface area contributed by atoms with Crippen LogP contribution in [0.5, 0.6) is 5.75 Å². The van der Waals surface area contributed by atoms with Crippen molar-refractivity contribution in [2.75, 3.05) is 11.9 Å². The van der Waals surface area contributed by atoms with Crippen molar-refractivity contribution in [1.82, 2.24) is 25.0 Å². The minimum atomic E-state index is -0.513. The number of rotatable bonds is 9. The van der Waals surface area contributed by atoms with Crippen molar-refractivity contribution in [1.29, 1.82) is 0 Å². The molecular weight excluding hydrogens is 671 g/mol. The Morgan fingerprint density at radius 2 is 1.94 bits per heavy atom.